The first-order valence-corrected chi connectivity index (χ1v) is 9.57. The maximum Gasteiger partial charge on any atom is 0.251 e. The minimum Gasteiger partial charge on any atom is -0.352 e. The van der Waals surface area contributed by atoms with Gasteiger partial charge in [0.05, 0.1) is 18.2 Å². The Bertz CT molecular complexity index is 922. The Morgan fingerprint density at radius 3 is 2.71 bits per heavy atom. The van der Waals surface area contributed by atoms with Crippen molar-refractivity contribution in [3.05, 3.63) is 60.8 Å². The Balaban J connectivity index is 1.33. The third kappa shape index (κ3) is 4.03. The lowest BCUT2D eigenvalue weighted by molar-refractivity contribution is 0.0945. The van der Waals surface area contributed by atoms with Crippen LogP contribution in [0.15, 0.2) is 55.2 Å². The van der Waals surface area contributed by atoms with Crippen LogP contribution in [-0.4, -0.2) is 45.1 Å². The molecule has 0 radical (unpaired) electrons. The molecule has 0 bridgehead atoms. The van der Waals surface area contributed by atoms with Gasteiger partial charge >= 0.3 is 0 Å². The third-order valence-electron chi connectivity index (χ3n) is 5.16. The van der Waals surface area contributed by atoms with E-state index in [4.69, 9.17) is 0 Å². The maximum atomic E-state index is 12.5. The second kappa shape index (κ2) is 8.21. The zero-order valence-electron chi connectivity index (χ0n) is 16.0. The van der Waals surface area contributed by atoms with Crippen molar-refractivity contribution >= 4 is 11.9 Å². The average molecular weight is 376 g/mol. The van der Waals surface area contributed by atoms with E-state index in [-0.39, 0.29) is 5.91 Å². The number of hydrogen-bond acceptors (Lipinski definition) is 5. The lowest BCUT2D eigenvalue weighted by Gasteiger charge is -2.32. The summed E-state index contributed by atoms with van der Waals surface area (Å²) in [6.07, 6.45) is 9.30. The zero-order valence-corrected chi connectivity index (χ0v) is 16.0. The number of aryl methyl sites for hydroxylation is 1. The van der Waals surface area contributed by atoms with Crippen LogP contribution >= 0.6 is 0 Å². The minimum absolute atomic E-state index is 0.0374. The van der Waals surface area contributed by atoms with Gasteiger partial charge in [0.2, 0.25) is 5.95 Å². The van der Waals surface area contributed by atoms with Crippen molar-refractivity contribution in [3.63, 3.8) is 0 Å². The van der Waals surface area contributed by atoms with Gasteiger partial charge in [-0.15, -0.1) is 0 Å². The number of carbonyl (C=O) groups is 1. The van der Waals surface area contributed by atoms with Gasteiger partial charge in [0.25, 0.3) is 5.91 Å². The number of amides is 1. The van der Waals surface area contributed by atoms with Crippen LogP contribution in [0, 0.1) is 5.92 Å². The highest BCUT2D eigenvalue weighted by molar-refractivity contribution is 5.94. The summed E-state index contributed by atoms with van der Waals surface area (Å²) in [5.41, 5.74) is 2.74. The number of carbonyl (C=O) groups excluding carboxylic acids is 1. The van der Waals surface area contributed by atoms with Crippen molar-refractivity contribution in [1.82, 2.24) is 24.8 Å². The number of aromatic nitrogens is 4. The fraction of sp³-hybridized carbons (Fsp3) is 0.333. The fourth-order valence-corrected chi connectivity index (χ4v) is 3.63. The smallest absolute Gasteiger partial charge is 0.251 e. The van der Waals surface area contributed by atoms with Gasteiger partial charge in [-0.05, 0) is 42.5 Å². The van der Waals surface area contributed by atoms with Gasteiger partial charge in [0.1, 0.15) is 0 Å². The van der Waals surface area contributed by atoms with Crippen LogP contribution in [0.5, 0.6) is 0 Å². The van der Waals surface area contributed by atoms with E-state index >= 15 is 0 Å². The first-order valence-electron chi connectivity index (χ1n) is 9.57. The average Bonchev–Trinajstić information content (AvgIpc) is 3.19. The number of imidazole rings is 1. The molecule has 1 atom stereocenters. The van der Waals surface area contributed by atoms with Crippen LogP contribution in [0.2, 0.25) is 0 Å². The molecule has 3 aromatic rings. The van der Waals surface area contributed by atoms with Crippen LogP contribution in [0.25, 0.3) is 11.3 Å². The van der Waals surface area contributed by atoms with Crippen molar-refractivity contribution in [2.24, 2.45) is 13.0 Å². The summed E-state index contributed by atoms with van der Waals surface area (Å²) in [4.78, 5) is 27.5. The number of piperidine rings is 1. The number of benzene rings is 1. The van der Waals surface area contributed by atoms with Crippen molar-refractivity contribution in [3.8, 4) is 11.3 Å². The summed E-state index contributed by atoms with van der Waals surface area (Å²) < 4.78 is 1.96. The summed E-state index contributed by atoms with van der Waals surface area (Å²) in [5.74, 6) is 1.13. The molecular weight excluding hydrogens is 352 g/mol. The van der Waals surface area contributed by atoms with E-state index in [2.05, 4.69) is 25.2 Å². The normalized spacial score (nSPS) is 16.8. The number of hydrogen-bond donors (Lipinski definition) is 1. The maximum absolute atomic E-state index is 12.5. The predicted octanol–water partition coefficient (Wildman–Crippen LogP) is 2.52. The topological polar surface area (TPSA) is 75.9 Å². The molecule has 0 aliphatic carbocycles. The zero-order chi connectivity index (χ0) is 19.3. The van der Waals surface area contributed by atoms with Crippen LogP contribution in [-0.2, 0) is 7.05 Å². The van der Waals surface area contributed by atoms with Gasteiger partial charge < -0.3 is 14.8 Å². The van der Waals surface area contributed by atoms with E-state index in [1.165, 1.54) is 0 Å². The quantitative estimate of drug-likeness (QED) is 0.741. The van der Waals surface area contributed by atoms with Crippen LogP contribution in [0.4, 0.5) is 5.95 Å². The summed E-state index contributed by atoms with van der Waals surface area (Å²) in [5, 5.41) is 3.08. The van der Waals surface area contributed by atoms with E-state index in [0.29, 0.717) is 18.0 Å². The Hall–Kier alpha value is -3.22. The molecule has 1 saturated heterocycles. The molecule has 7 heteroatoms. The largest absolute Gasteiger partial charge is 0.352 e. The van der Waals surface area contributed by atoms with Gasteiger partial charge in [-0.1, -0.05) is 12.1 Å². The molecule has 7 nitrogen and oxygen atoms in total. The molecule has 1 aromatic carbocycles. The summed E-state index contributed by atoms with van der Waals surface area (Å²) >= 11 is 0. The van der Waals surface area contributed by atoms with Gasteiger partial charge in [-0.2, -0.15) is 0 Å². The molecule has 1 unspecified atom stereocenters. The molecule has 0 saturated carbocycles. The van der Waals surface area contributed by atoms with E-state index in [1.54, 1.807) is 18.7 Å². The van der Waals surface area contributed by atoms with Crippen molar-refractivity contribution < 1.29 is 4.79 Å². The van der Waals surface area contributed by atoms with Gasteiger partial charge in [-0.25, -0.2) is 15.0 Å². The molecule has 144 valence electrons. The predicted molar refractivity (Wildman–Crippen MR) is 108 cm³/mol. The van der Waals surface area contributed by atoms with E-state index in [0.717, 1.165) is 43.1 Å². The molecular formula is C21H24N6O. The Morgan fingerprint density at radius 2 is 2.00 bits per heavy atom. The number of nitrogens with one attached hydrogen (secondary N) is 1. The summed E-state index contributed by atoms with van der Waals surface area (Å²) in [6, 6.07) is 9.47. The Morgan fingerprint density at radius 1 is 1.21 bits per heavy atom. The Labute approximate surface area is 164 Å². The van der Waals surface area contributed by atoms with Gasteiger partial charge in [0, 0.05) is 44.6 Å². The second-order valence-corrected chi connectivity index (χ2v) is 7.18. The lowest BCUT2D eigenvalue weighted by Crippen LogP contribution is -2.41. The highest BCUT2D eigenvalue weighted by Crippen LogP contribution is 2.20. The van der Waals surface area contributed by atoms with Crippen LogP contribution in [0.3, 0.4) is 0 Å². The number of nitrogens with zero attached hydrogens (tertiary/aromatic N) is 5. The first-order chi connectivity index (χ1) is 13.7. The molecule has 1 amide bonds. The molecule has 2 aromatic heterocycles. The molecule has 1 fully saturated rings. The SMILES string of the molecule is Cn1cncc1-c1ccc(C(=O)NCC2CCCN(c3ncccn3)C2)cc1. The molecule has 1 aliphatic heterocycles. The highest BCUT2D eigenvalue weighted by Gasteiger charge is 2.22. The molecule has 3 heterocycles. The van der Waals surface area contributed by atoms with E-state index in [1.807, 2.05) is 48.1 Å². The third-order valence-corrected chi connectivity index (χ3v) is 5.16. The summed E-state index contributed by atoms with van der Waals surface area (Å²) in [7, 11) is 1.96. The fourth-order valence-electron chi connectivity index (χ4n) is 3.63. The van der Waals surface area contributed by atoms with Crippen LogP contribution in [0.1, 0.15) is 23.2 Å². The lowest BCUT2D eigenvalue weighted by atomic mass is 9.98. The molecule has 4 rings (SSSR count). The highest BCUT2D eigenvalue weighted by atomic mass is 16.1. The van der Waals surface area contributed by atoms with Crippen molar-refractivity contribution in [1.29, 1.82) is 0 Å². The van der Waals surface area contributed by atoms with E-state index in [9.17, 15) is 4.79 Å². The van der Waals surface area contributed by atoms with Crippen LogP contribution < -0.4 is 10.2 Å². The molecule has 1 N–H and O–H groups in total. The van der Waals surface area contributed by atoms with Crippen molar-refractivity contribution in [2.45, 2.75) is 12.8 Å². The number of anilines is 1. The van der Waals surface area contributed by atoms with Crippen molar-refractivity contribution in [2.75, 3.05) is 24.5 Å². The summed E-state index contributed by atoms with van der Waals surface area (Å²) in [6.45, 7) is 2.49. The minimum atomic E-state index is -0.0374. The van der Waals surface area contributed by atoms with Gasteiger partial charge in [-0.3, -0.25) is 4.79 Å². The molecule has 1 aliphatic rings. The second-order valence-electron chi connectivity index (χ2n) is 7.18. The molecule has 0 spiro atoms. The van der Waals surface area contributed by atoms with Gasteiger partial charge in [0.15, 0.2) is 0 Å². The molecule has 28 heavy (non-hydrogen) atoms. The van der Waals surface area contributed by atoms with E-state index < -0.39 is 0 Å². The Kier molecular flexibility index (Phi) is 5.32. The monoisotopic (exact) mass is 376 g/mol. The first kappa shape index (κ1) is 18.2. The number of rotatable bonds is 5. The standard InChI is InChI=1S/C21H24N6O/c1-26-15-22-13-19(26)17-5-7-18(8-6-17)20(28)25-12-16-4-2-11-27(14-16)21-23-9-3-10-24-21/h3,5-10,13,15-16H,2,4,11-12,14H2,1H3,(H,25,28).